The number of esters is 1. The summed E-state index contributed by atoms with van der Waals surface area (Å²) in [7, 11) is 0. The first-order chi connectivity index (χ1) is 28.4. The maximum Gasteiger partial charge on any atom is 0.309 e. The van der Waals surface area contributed by atoms with Gasteiger partial charge in [0.2, 0.25) is 5.91 Å². The normalized spacial score (nSPS) is 42.5. The second kappa shape index (κ2) is 14.7. The molecular weight excluding hydrogens is 749 g/mol. The highest BCUT2D eigenvalue weighted by atomic mass is 16.5. The third-order valence-corrected chi connectivity index (χ3v) is 20.3. The molecule has 2 aromatic rings. The SMILES string of the molecule is CCCC[C@@H]1CC[C@]2(C(=O)N3CCC[C@H]3c3ncc(-c4ccccn4)[nH]3)CC[C@]3(C)[C@H](CC[C@@H]4[C@@]5(C)CC[C@H](OC(=O)[C@H]6C[C@@H](C(=O)O)C6(C)C)C(C)(C)[C@@H]5CC[C@]43C)[C@@H]12. The molecule has 328 valence electrons. The maximum atomic E-state index is 15.6. The zero-order valence-corrected chi connectivity index (χ0v) is 38.0. The molecule has 13 atom stereocenters. The molecule has 0 bridgehead atoms. The molecule has 0 radical (unpaired) electrons. The average molecular weight is 823 g/mol. The number of nitrogens with zero attached hydrogens (tertiary/aromatic N) is 3. The number of likely N-dealkylation sites (tertiary alicyclic amines) is 1. The van der Waals surface area contributed by atoms with Gasteiger partial charge in [-0.15, -0.1) is 0 Å². The Morgan fingerprint density at radius 2 is 1.65 bits per heavy atom. The molecule has 60 heavy (non-hydrogen) atoms. The number of aromatic nitrogens is 3. The predicted octanol–water partition coefficient (Wildman–Crippen LogP) is 11.1. The smallest absolute Gasteiger partial charge is 0.309 e. The Hall–Kier alpha value is -3.23. The number of carboxylic acids is 1. The van der Waals surface area contributed by atoms with E-state index in [-0.39, 0.29) is 51.1 Å². The van der Waals surface area contributed by atoms with E-state index in [2.05, 4.69) is 56.4 Å². The van der Waals surface area contributed by atoms with E-state index in [0.29, 0.717) is 41.9 Å². The first-order valence-electron chi connectivity index (χ1n) is 24.1. The molecule has 1 saturated heterocycles. The molecule has 2 N–H and O–H groups in total. The van der Waals surface area contributed by atoms with Crippen LogP contribution in [-0.2, 0) is 19.1 Å². The number of amides is 1. The Morgan fingerprint density at radius 1 is 0.850 bits per heavy atom. The molecular formula is C51H74N4O5. The van der Waals surface area contributed by atoms with Crippen molar-refractivity contribution in [1.82, 2.24) is 19.9 Å². The number of unbranched alkanes of at least 4 members (excludes halogenated alkanes) is 1. The van der Waals surface area contributed by atoms with Crippen LogP contribution in [0, 0.1) is 73.9 Å². The molecule has 9 nitrogen and oxygen atoms in total. The van der Waals surface area contributed by atoms with Crippen molar-refractivity contribution >= 4 is 17.8 Å². The van der Waals surface area contributed by atoms with Gasteiger partial charge in [0.1, 0.15) is 11.9 Å². The van der Waals surface area contributed by atoms with Gasteiger partial charge in [0.15, 0.2) is 0 Å². The molecule has 1 amide bonds. The Balaban J connectivity index is 0.968. The van der Waals surface area contributed by atoms with Crippen molar-refractivity contribution in [2.24, 2.45) is 73.9 Å². The summed E-state index contributed by atoms with van der Waals surface area (Å²) in [4.78, 5) is 56.5. The zero-order chi connectivity index (χ0) is 42.6. The quantitative estimate of drug-likeness (QED) is 0.241. The van der Waals surface area contributed by atoms with Gasteiger partial charge in [0, 0.05) is 18.2 Å². The summed E-state index contributed by atoms with van der Waals surface area (Å²) < 4.78 is 6.48. The summed E-state index contributed by atoms with van der Waals surface area (Å²) in [6, 6.07) is 5.93. The number of carbonyl (C=O) groups excluding carboxylic acids is 2. The highest BCUT2D eigenvalue weighted by Crippen LogP contribution is 2.78. The number of aliphatic carboxylic acids is 1. The number of nitrogens with one attached hydrogen (secondary N) is 1. The van der Waals surface area contributed by atoms with Crippen LogP contribution in [0.3, 0.4) is 0 Å². The minimum atomic E-state index is -0.813. The van der Waals surface area contributed by atoms with Gasteiger partial charge in [-0.3, -0.25) is 19.4 Å². The molecule has 7 aliphatic rings. The van der Waals surface area contributed by atoms with Crippen molar-refractivity contribution in [2.75, 3.05) is 6.54 Å². The van der Waals surface area contributed by atoms with Gasteiger partial charge in [0.25, 0.3) is 0 Å². The van der Waals surface area contributed by atoms with Crippen molar-refractivity contribution in [3.05, 3.63) is 36.4 Å². The molecule has 9 rings (SSSR count). The number of hydrogen-bond donors (Lipinski definition) is 2. The van der Waals surface area contributed by atoms with Gasteiger partial charge in [-0.2, -0.15) is 0 Å². The number of imidazole rings is 1. The van der Waals surface area contributed by atoms with Crippen LogP contribution in [-0.4, -0.2) is 55.5 Å². The number of H-pyrrole nitrogens is 1. The first-order valence-corrected chi connectivity index (χ1v) is 24.1. The van der Waals surface area contributed by atoms with E-state index in [9.17, 15) is 14.7 Å². The lowest BCUT2D eigenvalue weighted by Gasteiger charge is -2.73. The van der Waals surface area contributed by atoms with E-state index in [0.717, 1.165) is 75.1 Å². The van der Waals surface area contributed by atoms with Gasteiger partial charge in [-0.1, -0.05) is 80.7 Å². The lowest BCUT2D eigenvalue weighted by molar-refractivity contribution is -0.252. The van der Waals surface area contributed by atoms with Crippen molar-refractivity contribution in [2.45, 2.75) is 170 Å². The topological polar surface area (TPSA) is 125 Å². The summed E-state index contributed by atoms with van der Waals surface area (Å²) in [5, 5.41) is 9.72. The summed E-state index contributed by atoms with van der Waals surface area (Å²) in [5.74, 6) is 2.04. The summed E-state index contributed by atoms with van der Waals surface area (Å²) >= 11 is 0. The van der Waals surface area contributed by atoms with Crippen molar-refractivity contribution in [3.63, 3.8) is 0 Å². The van der Waals surface area contributed by atoms with E-state index < -0.39 is 17.3 Å². The molecule has 6 aliphatic carbocycles. The van der Waals surface area contributed by atoms with Crippen LogP contribution in [0.5, 0.6) is 0 Å². The van der Waals surface area contributed by atoms with Crippen LogP contribution in [0.4, 0.5) is 0 Å². The minimum absolute atomic E-state index is 0.0175. The Morgan fingerprint density at radius 3 is 2.37 bits per heavy atom. The third kappa shape index (κ3) is 5.98. The molecule has 0 spiro atoms. The lowest BCUT2D eigenvalue weighted by atomic mass is 9.32. The monoisotopic (exact) mass is 823 g/mol. The van der Waals surface area contributed by atoms with E-state index in [1.807, 2.05) is 44.4 Å². The minimum Gasteiger partial charge on any atom is -0.481 e. The number of ether oxygens (including phenoxy) is 1. The van der Waals surface area contributed by atoms with Gasteiger partial charge in [-0.25, -0.2) is 4.98 Å². The Labute approximate surface area is 359 Å². The number of aromatic amines is 1. The van der Waals surface area contributed by atoms with Gasteiger partial charge in [0.05, 0.1) is 40.9 Å². The largest absolute Gasteiger partial charge is 0.481 e. The molecule has 3 heterocycles. The number of pyridine rings is 1. The van der Waals surface area contributed by atoms with E-state index in [4.69, 9.17) is 9.72 Å². The molecule has 7 fully saturated rings. The summed E-state index contributed by atoms with van der Waals surface area (Å²) in [6.45, 7) is 19.6. The fourth-order valence-electron chi connectivity index (χ4n) is 16.8. The van der Waals surface area contributed by atoms with Crippen LogP contribution in [0.15, 0.2) is 30.6 Å². The predicted molar refractivity (Wildman–Crippen MR) is 232 cm³/mol. The third-order valence-electron chi connectivity index (χ3n) is 20.3. The number of carbonyl (C=O) groups is 3. The summed E-state index contributed by atoms with van der Waals surface area (Å²) in [6.07, 6.45) is 20.5. The zero-order valence-electron chi connectivity index (χ0n) is 38.0. The summed E-state index contributed by atoms with van der Waals surface area (Å²) in [5.41, 5.74) is 1.19. The van der Waals surface area contributed by atoms with E-state index in [1.165, 1.54) is 44.9 Å². The van der Waals surface area contributed by atoms with Crippen molar-refractivity contribution < 1.29 is 24.2 Å². The van der Waals surface area contributed by atoms with Crippen LogP contribution >= 0.6 is 0 Å². The van der Waals surface area contributed by atoms with Crippen LogP contribution in [0.1, 0.15) is 170 Å². The fourth-order valence-corrected chi connectivity index (χ4v) is 16.8. The fraction of sp³-hybridized carbons (Fsp3) is 0.784. The molecule has 0 aromatic carbocycles. The Bertz CT molecular complexity index is 1980. The van der Waals surface area contributed by atoms with Crippen LogP contribution in [0.25, 0.3) is 11.4 Å². The van der Waals surface area contributed by atoms with Gasteiger partial charge in [-0.05, 0) is 147 Å². The average Bonchev–Trinajstić information content (AvgIpc) is 3.98. The first kappa shape index (κ1) is 42.1. The van der Waals surface area contributed by atoms with E-state index in [1.54, 1.807) is 0 Å². The highest BCUT2D eigenvalue weighted by Gasteiger charge is 2.72. The number of fused-ring (bicyclic) bond motifs is 7. The lowest BCUT2D eigenvalue weighted by Crippen LogP contribution is -2.67. The van der Waals surface area contributed by atoms with E-state index >= 15 is 4.79 Å². The number of hydrogen-bond acceptors (Lipinski definition) is 6. The molecule has 6 saturated carbocycles. The second-order valence-corrected chi connectivity index (χ2v) is 23.1. The number of rotatable bonds is 9. The van der Waals surface area contributed by atoms with Gasteiger partial charge >= 0.3 is 11.9 Å². The van der Waals surface area contributed by atoms with Gasteiger partial charge < -0.3 is 19.7 Å². The highest BCUT2D eigenvalue weighted by molar-refractivity contribution is 5.84. The second-order valence-electron chi connectivity index (χ2n) is 23.1. The number of carboxylic acid groups (broad SMARTS) is 1. The molecule has 9 heteroatoms. The standard InChI is InChI=1S/C51H74N4O5/c1-9-10-14-31-19-24-51(45(59)55-28-13-16-37(55)42-53-30-36(54-42)35-15-11-12-27-52-35)26-25-49(7)32(41(31)51)17-18-39-48(6)22-21-40(47(4,5)38(48)20-23-50(39,49)8)60-44(58)34-29-33(43(56)57)46(34,2)3/h11-12,15,27,30-34,37-41H,9-10,13-14,16-26,28-29H2,1-8H3,(H,53,54)(H,56,57)/t31-,32-,33+,34-,37+,38+,39-,40+,41-,48+,49-,50-,51+/m1/s1. The van der Waals surface area contributed by atoms with Crippen molar-refractivity contribution in [3.8, 4) is 11.4 Å². The molecule has 2 aromatic heterocycles. The maximum absolute atomic E-state index is 15.6. The van der Waals surface area contributed by atoms with Crippen LogP contribution in [0.2, 0.25) is 0 Å². The Kier molecular flexibility index (Phi) is 10.3. The van der Waals surface area contributed by atoms with Crippen molar-refractivity contribution in [1.29, 1.82) is 0 Å². The molecule has 1 aliphatic heterocycles. The molecule has 0 unspecified atom stereocenters. The van der Waals surface area contributed by atoms with Crippen LogP contribution < -0.4 is 0 Å².